The minimum Gasteiger partial charge on any atom is -0.398 e. The van der Waals surface area contributed by atoms with Gasteiger partial charge in [-0.2, -0.15) is 0 Å². The SMILES string of the molecule is COCCC(C)S(=O)c1cc(Cl)ccc1N. The number of methoxy groups -OCH3 is 1. The summed E-state index contributed by atoms with van der Waals surface area (Å²) in [7, 11) is 0.487. The average Bonchev–Trinajstić information content (AvgIpc) is 2.28. The number of hydrogen-bond donors (Lipinski definition) is 1. The Hall–Kier alpha value is -0.580. The molecule has 2 unspecified atom stereocenters. The van der Waals surface area contributed by atoms with Gasteiger partial charge in [0.1, 0.15) is 0 Å². The number of hydrogen-bond acceptors (Lipinski definition) is 3. The second-order valence-electron chi connectivity index (χ2n) is 3.57. The van der Waals surface area contributed by atoms with Crippen LogP contribution in [0.25, 0.3) is 0 Å². The quantitative estimate of drug-likeness (QED) is 0.829. The number of benzene rings is 1. The Morgan fingerprint density at radius 2 is 2.25 bits per heavy atom. The van der Waals surface area contributed by atoms with Gasteiger partial charge < -0.3 is 10.5 Å². The molecule has 0 bridgehead atoms. The molecular weight excluding hydrogens is 246 g/mol. The lowest BCUT2D eigenvalue weighted by Crippen LogP contribution is -2.14. The summed E-state index contributed by atoms with van der Waals surface area (Å²) in [6.07, 6.45) is 0.731. The standard InChI is InChI=1S/C11H16ClNO2S/c1-8(5-6-15-2)16(14)11-7-9(12)3-4-10(11)13/h3-4,7-8H,5-6,13H2,1-2H3. The third kappa shape index (κ3) is 3.47. The van der Waals surface area contributed by atoms with Crippen LogP contribution in [0.3, 0.4) is 0 Å². The predicted molar refractivity (Wildman–Crippen MR) is 68.2 cm³/mol. The van der Waals surface area contributed by atoms with Crippen LogP contribution in [-0.2, 0) is 15.5 Å². The Morgan fingerprint density at radius 3 is 2.88 bits per heavy atom. The van der Waals surface area contributed by atoms with Crippen LogP contribution in [0.5, 0.6) is 0 Å². The zero-order valence-electron chi connectivity index (χ0n) is 9.40. The first-order chi connectivity index (χ1) is 7.56. The fraction of sp³-hybridized carbons (Fsp3) is 0.455. The van der Waals surface area contributed by atoms with E-state index in [-0.39, 0.29) is 5.25 Å². The molecule has 2 atom stereocenters. The summed E-state index contributed by atoms with van der Waals surface area (Å²) in [4.78, 5) is 0.608. The van der Waals surface area contributed by atoms with Crippen LogP contribution >= 0.6 is 11.6 Å². The Morgan fingerprint density at radius 1 is 1.56 bits per heavy atom. The van der Waals surface area contributed by atoms with Crippen LogP contribution in [0.2, 0.25) is 5.02 Å². The molecule has 0 amide bonds. The lowest BCUT2D eigenvalue weighted by Gasteiger charge is -2.12. The Bertz CT molecular complexity index is 384. The van der Waals surface area contributed by atoms with E-state index >= 15 is 0 Å². The molecule has 0 saturated heterocycles. The molecule has 0 aliphatic rings. The first-order valence-corrected chi connectivity index (χ1v) is 6.60. The third-order valence-corrected chi connectivity index (χ3v) is 4.28. The molecule has 1 aromatic rings. The van der Waals surface area contributed by atoms with Crippen molar-refractivity contribution in [3.8, 4) is 0 Å². The molecule has 0 aromatic heterocycles. The fourth-order valence-electron chi connectivity index (χ4n) is 1.29. The van der Waals surface area contributed by atoms with E-state index in [4.69, 9.17) is 22.1 Å². The van der Waals surface area contributed by atoms with Crippen LogP contribution in [0.1, 0.15) is 13.3 Å². The smallest absolute Gasteiger partial charge is 0.0634 e. The number of anilines is 1. The highest BCUT2D eigenvalue weighted by atomic mass is 35.5. The number of ether oxygens (including phenoxy) is 1. The monoisotopic (exact) mass is 261 g/mol. The topological polar surface area (TPSA) is 52.3 Å². The second kappa shape index (κ2) is 6.23. The molecule has 0 saturated carbocycles. The van der Waals surface area contributed by atoms with Crippen LogP contribution < -0.4 is 5.73 Å². The van der Waals surface area contributed by atoms with Crippen molar-refractivity contribution >= 4 is 28.1 Å². The van der Waals surface area contributed by atoms with Gasteiger partial charge in [-0.3, -0.25) is 4.21 Å². The summed E-state index contributed by atoms with van der Waals surface area (Å²) >= 11 is 5.86. The van der Waals surface area contributed by atoms with E-state index in [0.29, 0.717) is 22.2 Å². The van der Waals surface area contributed by atoms with Crippen molar-refractivity contribution in [1.29, 1.82) is 0 Å². The largest absolute Gasteiger partial charge is 0.398 e. The molecular formula is C11H16ClNO2S. The Balaban J connectivity index is 2.83. The van der Waals surface area contributed by atoms with Crippen molar-refractivity contribution in [2.45, 2.75) is 23.5 Å². The van der Waals surface area contributed by atoms with Gasteiger partial charge in [0.05, 0.1) is 15.7 Å². The first-order valence-electron chi connectivity index (χ1n) is 5.00. The molecule has 0 aliphatic carbocycles. The van der Waals surface area contributed by atoms with Crippen molar-refractivity contribution in [3.05, 3.63) is 23.2 Å². The van der Waals surface area contributed by atoms with E-state index in [1.165, 1.54) is 0 Å². The van der Waals surface area contributed by atoms with Gasteiger partial charge in [-0.15, -0.1) is 0 Å². The van der Waals surface area contributed by atoms with Crippen LogP contribution in [0.15, 0.2) is 23.1 Å². The first kappa shape index (κ1) is 13.5. The molecule has 0 heterocycles. The van der Waals surface area contributed by atoms with Crippen molar-refractivity contribution < 1.29 is 8.95 Å². The van der Waals surface area contributed by atoms with Crippen molar-refractivity contribution in [2.75, 3.05) is 19.5 Å². The molecule has 1 aromatic carbocycles. The number of halogens is 1. The minimum absolute atomic E-state index is 0.000664. The highest BCUT2D eigenvalue weighted by Gasteiger charge is 2.16. The highest BCUT2D eigenvalue weighted by molar-refractivity contribution is 7.85. The summed E-state index contributed by atoms with van der Waals surface area (Å²) in [6.45, 7) is 2.50. The van der Waals surface area contributed by atoms with Gasteiger partial charge >= 0.3 is 0 Å². The van der Waals surface area contributed by atoms with Gasteiger partial charge in [-0.25, -0.2) is 0 Å². The number of nitrogens with two attached hydrogens (primary N) is 1. The van der Waals surface area contributed by atoms with Gasteiger partial charge in [0, 0.05) is 29.7 Å². The van der Waals surface area contributed by atoms with Crippen molar-refractivity contribution in [1.82, 2.24) is 0 Å². The molecule has 0 fully saturated rings. The molecule has 0 aliphatic heterocycles. The molecule has 0 spiro atoms. The van der Waals surface area contributed by atoms with Gasteiger partial charge in [0.15, 0.2) is 0 Å². The molecule has 0 radical (unpaired) electrons. The Kier molecular flexibility index (Phi) is 5.25. The zero-order chi connectivity index (χ0) is 12.1. The van der Waals surface area contributed by atoms with Crippen molar-refractivity contribution in [3.63, 3.8) is 0 Å². The number of rotatable bonds is 5. The van der Waals surface area contributed by atoms with Gasteiger partial charge in [-0.05, 0) is 24.6 Å². The third-order valence-electron chi connectivity index (χ3n) is 2.29. The van der Waals surface area contributed by atoms with E-state index in [1.807, 2.05) is 6.92 Å². The van der Waals surface area contributed by atoms with E-state index < -0.39 is 10.8 Å². The average molecular weight is 262 g/mol. The zero-order valence-corrected chi connectivity index (χ0v) is 11.0. The second-order valence-corrected chi connectivity index (χ2v) is 5.85. The number of nitrogen functional groups attached to an aromatic ring is 1. The lowest BCUT2D eigenvalue weighted by molar-refractivity contribution is 0.195. The summed E-state index contributed by atoms with van der Waals surface area (Å²) in [5, 5.41) is 0.553. The summed E-state index contributed by atoms with van der Waals surface area (Å²) in [5.41, 5.74) is 6.29. The van der Waals surface area contributed by atoms with Crippen LogP contribution in [0.4, 0.5) is 5.69 Å². The van der Waals surface area contributed by atoms with Gasteiger partial charge in [0.25, 0.3) is 0 Å². The molecule has 5 heteroatoms. The molecule has 90 valence electrons. The van der Waals surface area contributed by atoms with Gasteiger partial charge in [-0.1, -0.05) is 18.5 Å². The minimum atomic E-state index is -1.14. The highest BCUT2D eigenvalue weighted by Crippen LogP contribution is 2.24. The molecule has 1 rings (SSSR count). The maximum atomic E-state index is 12.1. The normalized spacial score (nSPS) is 14.7. The molecule has 3 nitrogen and oxygen atoms in total. The summed E-state index contributed by atoms with van der Waals surface area (Å²) in [5.74, 6) is 0. The Labute approximate surface area is 103 Å². The van der Waals surface area contributed by atoms with Crippen LogP contribution in [0, 0.1) is 0 Å². The van der Waals surface area contributed by atoms with Crippen molar-refractivity contribution in [2.24, 2.45) is 0 Å². The molecule has 16 heavy (non-hydrogen) atoms. The maximum absolute atomic E-state index is 12.1. The van der Waals surface area contributed by atoms with E-state index in [2.05, 4.69) is 0 Å². The van der Waals surface area contributed by atoms with E-state index in [0.717, 1.165) is 6.42 Å². The fourth-order valence-corrected chi connectivity index (χ4v) is 2.81. The lowest BCUT2D eigenvalue weighted by atomic mass is 10.3. The van der Waals surface area contributed by atoms with Gasteiger partial charge in [0.2, 0.25) is 0 Å². The summed E-state index contributed by atoms with van der Waals surface area (Å²) < 4.78 is 17.1. The molecule has 2 N–H and O–H groups in total. The van der Waals surface area contributed by atoms with E-state index in [9.17, 15) is 4.21 Å². The summed E-state index contributed by atoms with van der Waals surface area (Å²) in [6, 6.07) is 5.03. The van der Waals surface area contributed by atoms with Crippen LogP contribution in [-0.4, -0.2) is 23.2 Å². The maximum Gasteiger partial charge on any atom is 0.0634 e. The van der Waals surface area contributed by atoms with E-state index in [1.54, 1.807) is 25.3 Å². The predicted octanol–water partition coefficient (Wildman–Crippen LogP) is 2.45.